The van der Waals surface area contributed by atoms with Crippen LogP contribution in [-0.4, -0.2) is 39.1 Å². The molecule has 0 bridgehead atoms. The lowest BCUT2D eigenvalue weighted by Gasteiger charge is -2.23. The molecule has 0 aliphatic carbocycles. The fourth-order valence-electron chi connectivity index (χ4n) is 2.74. The van der Waals surface area contributed by atoms with Crippen LogP contribution in [0.4, 0.5) is 5.69 Å². The van der Waals surface area contributed by atoms with Crippen LogP contribution in [-0.2, 0) is 16.0 Å². The molecule has 27 heavy (non-hydrogen) atoms. The highest BCUT2D eigenvalue weighted by Gasteiger charge is 2.20. The second-order valence-corrected chi connectivity index (χ2v) is 6.08. The molecular weight excluding hydrogens is 344 g/mol. The fourth-order valence-corrected chi connectivity index (χ4v) is 2.74. The van der Waals surface area contributed by atoms with Crippen molar-refractivity contribution in [3.63, 3.8) is 0 Å². The van der Waals surface area contributed by atoms with Crippen LogP contribution in [0.1, 0.15) is 18.9 Å². The summed E-state index contributed by atoms with van der Waals surface area (Å²) in [6, 6.07) is 15.2. The van der Waals surface area contributed by atoms with Gasteiger partial charge in [-0.3, -0.25) is 14.5 Å². The third-order valence-corrected chi connectivity index (χ3v) is 4.17. The molecule has 0 saturated carbocycles. The number of carbonyl (C=O) groups excluding carboxylic acids is 2. The predicted molar refractivity (Wildman–Crippen MR) is 105 cm³/mol. The Balaban J connectivity index is 1.95. The van der Waals surface area contributed by atoms with E-state index in [1.165, 1.54) is 24.5 Å². The normalized spacial score (nSPS) is 10.2. The molecule has 0 fully saturated rings. The van der Waals surface area contributed by atoms with Crippen molar-refractivity contribution < 1.29 is 19.1 Å². The number of rotatable bonds is 9. The number of methoxy groups -OCH3 is 2. The third-order valence-electron chi connectivity index (χ3n) is 4.17. The molecule has 6 nitrogen and oxygen atoms in total. The van der Waals surface area contributed by atoms with Gasteiger partial charge in [-0.2, -0.15) is 0 Å². The highest BCUT2D eigenvalue weighted by Crippen LogP contribution is 2.32. The van der Waals surface area contributed by atoms with Gasteiger partial charge in [-0.1, -0.05) is 30.3 Å². The van der Waals surface area contributed by atoms with Gasteiger partial charge in [-0.25, -0.2) is 0 Å². The zero-order valence-corrected chi connectivity index (χ0v) is 16.0. The molecule has 0 aliphatic heterocycles. The molecule has 0 spiro atoms. The summed E-state index contributed by atoms with van der Waals surface area (Å²) in [4.78, 5) is 25.8. The zero-order chi connectivity index (χ0) is 19.6. The molecule has 0 aromatic heterocycles. The lowest BCUT2D eigenvalue weighted by Crippen LogP contribution is -2.40. The number of nitrogens with zero attached hydrogens (tertiary/aromatic N) is 1. The Bertz CT molecular complexity index is 762. The maximum absolute atomic E-state index is 12.3. The molecule has 144 valence electrons. The van der Waals surface area contributed by atoms with Gasteiger partial charge in [0.2, 0.25) is 11.8 Å². The van der Waals surface area contributed by atoms with E-state index in [0.29, 0.717) is 23.7 Å². The number of carbonyl (C=O) groups is 2. The Labute approximate surface area is 160 Å². The lowest BCUT2D eigenvalue weighted by molar-refractivity contribution is -0.123. The molecule has 1 N–H and O–H groups in total. The van der Waals surface area contributed by atoms with E-state index in [0.717, 1.165) is 12.8 Å². The van der Waals surface area contributed by atoms with Gasteiger partial charge >= 0.3 is 0 Å². The molecule has 0 aliphatic rings. The molecule has 0 heterocycles. The first kappa shape index (κ1) is 20.3. The number of amides is 2. The Morgan fingerprint density at radius 3 is 2.41 bits per heavy atom. The van der Waals surface area contributed by atoms with Crippen molar-refractivity contribution in [3.05, 3.63) is 54.1 Å². The predicted octanol–water partition coefficient (Wildman–Crippen LogP) is 2.81. The van der Waals surface area contributed by atoms with Crippen LogP contribution in [0.25, 0.3) is 0 Å². The average molecular weight is 370 g/mol. The van der Waals surface area contributed by atoms with Crippen molar-refractivity contribution in [2.45, 2.75) is 19.8 Å². The molecule has 2 aromatic carbocycles. The summed E-state index contributed by atoms with van der Waals surface area (Å²) in [5, 5.41) is 2.87. The summed E-state index contributed by atoms with van der Waals surface area (Å²) < 4.78 is 10.5. The fraction of sp³-hybridized carbons (Fsp3) is 0.333. The third kappa shape index (κ3) is 6.02. The molecule has 0 unspecified atom stereocenters. The molecule has 2 aromatic rings. The Kier molecular flexibility index (Phi) is 7.67. The molecule has 0 atom stereocenters. The summed E-state index contributed by atoms with van der Waals surface area (Å²) in [5.41, 5.74) is 1.74. The van der Waals surface area contributed by atoms with E-state index in [1.807, 2.05) is 18.2 Å². The largest absolute Gasteiger partial charge is 0.497 e. The van der Waals surface area contributed by atoms with Crippen LogP contribution in [0.2, 0.25) is 0 Å². The highest BCUT2D eigenvalue weighted by molar-refractivity contribution is 5.98. The van der Waals surface area contributed by atoms with Gasteiger partial charge < -0.3 is 14.8 Å². The zero-order valence-electron chi connectivity index (χ0n) is 16.0. The van der Waals surface area contributed by atoms with Crippen LogP contribution in [0.3, 0.4) is 0 Å². The van der Waals surface area contributed by atoms with Gasteiger partial charge in [-0.15, -0.1) is 0 Å². The molecule has 0 radical (unpaired) electrons. The minimum atomic E-state index is -0.249. The van der Waals surface area contributed by atoms with Gasteiger partial charge in [0.05, 0.1) is 19.9 Å². The van der Waals surface area contributed by atoms with E-state index >= 15 is 0 Å². The van der Waals surface area contributed by atoms with E-state index < -0.39 is 0 Å². The number of ether oxygens (including phenoxy) is 2. The molecule has 2 rings (SSSR count). The average Bonchev–Trinajstić information content (AvgIpc) is 2.69. The minimum absolute atomic E-state index is 0.0792. The maximum atomic E-state index is 12.3. The van der Waals surface area contributed by atoms with Crippen molar-refractivity contribution in [1.82, 2.24) is 5.32 Å². The smallest absolute Gasteiger partial charge is 0.240 e. The highest BCUT2D eigenvalue weighted by atomic mass is 16.5. The number of hydrogen-bond donors (Lipinski definition) is 1. The Hall–Kier alpha value is -3.02. The Morgan fingerprint density at radius 2 is 1.78 bits per heavy atom. The van der Waals surface area contributed by atoms with E-state index in [9.17, 15) is 9.59 Å². The Morgan fingerprint density at radius 1 is 1.04 bits per heavy atom. The van der Waals surface area contributed by atoms with Crippen LogP contribution in [0.15, 0.2) is 48.5 Å². The van der Waals surface area contributed by atoms with Gasteiger partial charge in [0.15, 0.2) is 0 Å². The first-order valence-electron chi connectivity index (χ1n) is 8.86. The van der Waals surface area contributed by atoms with Crippen molar-refractivity contribution in [2.24, 2.45) is 0 Å². The second kappa shape index (κ2) is 10.2. The number of hydrogen-bond acceptors (Lipinski definition) is 4. The van der Waals surface area contributed by atoms with E-state index in [4.69, 9.17) is 9.47 Å². The summed E-state index contributed by atoms with van der Waals surface area (Å²) in [6.07, 6.45) is 1.72. The van der Waals surface area contributed by atoms with Gasteiger partial charge in [0.25, 0.3) is 0 Å². The van der Waals surface area contributed by atoms with Crippen LogP contribution >= 0.6 is 0 Å². The van der Waals surface area contributed by atoms with E-state index in [1.54, 1.807) is 25.3 Å². The molecule has 2 amide bonds. The minimum Gasteiger partial charge on any atom is -0.497 e. The number of aryl methyl sites for hydroxylation is 1. The van der Waals surface area contributed by atoms with Crippen molar-refractivity contribution in [3.8, 4) is 11.5 Å². The van der Waals surface area contributed by atoms with Gasteiger partial charge in [0, 0.05) is 19.5 Å². The quantitative estimate of drug-likeness (QED) is 0.689. The van der Waals surface area contributed by atoms with E-state index in [-0.39, 0.29) is 18.4 Å². The number of nitrogens with one attached hydrogen (secondary N) is 1. The second-order valence-electron chi connectivity index (χ2n) is 6.08. The summed E-state index contributed by atoms with van der Waals surface area (Å²) in [7, 11) is 3.07. The number of benzene rings is 2. The standard InChI is InChI=1S/C21H26N2O4/c1-16(24)23(19-14-18(26-2)11-12-20(19)27-3)15-21(25)22-13-7-10-17-8-5-4-6-9-17/h4-6,8-9,11-12,14H,7,10,13,15H2,1-3H3,(H,22,25). The van der Waals surface area contributed by atoms with Gasteiger partial charge in [0.1, 0.15) is 18.0 Å². The lowest BCUT2D eigenvalue weighted by atomic mass is 10.1. The SMILES string of the molecule is COc1ccc(OC)c(N(CC(=O)NCCCc2ccccc2)C(C)=O)c1. The monoisotopic (exact) mass is 370 g/mol. The van der Waals surface area contributed by atoms with Gasteiger partial charge in [-0.05, 0) is 30.5 Å². The van der Waals surface area contributed by atoms with Crippen molar-refractivity contribution >= 4 is 17.5 Å². The first-order valence-corrected chi connectivity index (χ1v) is 8.86. The molecule has 0 saturated heterocycles. The number of anilines is 1. The van der Waals surface area contributed by atoms with E-state index in [2.05, 4.69) is 17.4 Å². The van der Waals surface area contributed by atoms with Crippen LogP contribution in [0.5, 0.6) is 11.5 Å². The van der Waals surface area contributed by atoms with Crippen LogP contribution < -0.4 is 19.7 Å². The summed E-state index contributed by atoms with van der Waals surface area (Å²) >= 11 is 0. The topological polar surface area (TPSA) is 67.9 Å². The first-order chi connectivity index (χ1) is 13.0. The van der Waals surface area contributed by atoms with Crippen molar-refractivity contribution in [2.75, 3.05) is 32.2 Å². The summed E-state index contributed by atoms with van der Waals surface area (Å²) in [6.45, 7) is 1.89. The molecule has 6 heteroatoms. The van der Waals surface area contributed by atoms with Crippen LogP contribution in [0, 0.1) is 0 Å². The summed E-state index contributed by atoms with van der Waals surface area (Å²) in [5.74, 6) is 0.618. The van der Waals surface area contributed by atoms with Crippen molar-refractivity contribution in [1.29, 1.82) is 0 Å². The maximum Gasteiger partial charge on any atom is 0.240 e. The molecular formula is C21H26N2O4.